The molecule has 0 aromatic heterocycles. The van der Waals surface area contributed by atoms with E-state index in [1.54, 1.807) is 12.1 Å². The molecule has 0 bridgehead atoms. The topological polar surface area (TPSA) is 32.3 Å². The van der Waals surface area contributed by atoms with Gasteiger partial charge in [-0.15, -0.1) is 0 Å². The fourth-order valence-electron chi connectivity index (χ4n) is 2.96. The Bertz CT molecular complexity index is 456. The lowest BCUT2D eigenvalue weighted by Crippen LogP contribution is -2.39. The van der Waals surface area contributed by atoms with E-state index < -0.39 is 0 Å². The van der Waals surface area contributed by atoms with Crippen LogP contribution in [0.3, 0.4) is 0 Å². The minimum absolute atomic E-state index is 0.162. The fraction of sp³-hybridized carbons (Fsp3) is 0.588. The number of piperidine rings is 1. The summed E-state index contributed by atoms with van der Waals surface area (Å²) in [5, 5.41) is 3.06. The van der Waals surface area contributed by atoms with Crippen LogP contribution in [0.1, 0.15) is 31.2 Å². The molecular formula is C17H25FN2O. The smallest absolute Gasteiger partial charge is 0.222 e. The Kier molecular flexibility index (Phi) is 6.18. The van der Waals surface area contributed by atoms with Gasteiger partial charge in [-0.2, -0.15) is 0 Å². The first-order valence-electron chi connectivity index (χ1n) is 7.86. The van der Waals surface area contributed by atoms with Crippen LogP contribution in [0.5, 0.6) is 0 Å². The summed E-state index contributed by atoms with van der Waals surface area (Å²) in [4.78, 5) is 14.0. The van der Waals surface area contributed by atoms with E-state index in [1.165, 1.54) is 6.07 Å². The van der Waals surface area contributed by atoms with E-state index in [9.17, 15) is 9.18 Å². The number of nitrogens with zero attached hydrogens (tertiary/aromatic N) is 1. The first-order chi connectivity index (χ1) is 10.2. The van der Waals surface area contributed by atoms with Crippen molar-refractivity contribution in [3.63, 3.8) is 0 Å². The molecule has 21 heavy (non-hydrogen) atoms. The third-order valence-corrected chi connectivity index (χ3v) is 4.20. The van der Waals surface area contributed by atoms with Gasteiger partial charge in [0.2, 0.25) is 5.91 Å². The van der Waals surface area contributed by atoms with Crippen LogP contribution in [0.4, 0.5) is 4.39 Å². The zero-order valence-electron chi connectivity index (χ0n) is 12.8. The summed E-state index contributed by atoms with van der Waals surface area (Å²) >= 11 is 0. The highest BCUT2D eigenvalue weighted by Gasteiger charge is 2.22. The van der Waals surface area contributed by atoms with Gasteiger partial charge in [-0.05, 0) is 62.9 Å². The third kappa shape index (κ3) is 5.12. The van der Waals surface area contributed by atoms with Crippen molar-refractivity contribution in [2.75, 3.05) is 26.7 Å². The van der Waals surface area contributed by atoms with Crippen LogP contribution in [0.15, 0.2) is 24.3 Å². The largest absolute Gasteiger partial charge is 0.343 e. The molecule has 1 saturated heterocycles. The third-order valence-electron chi connectivity index (χ3n) is 4.20. The standard InChI is InChI=1S/C17H25FN2O/c1-19-9-3-6-17(21)20-10-7-14(8-11-20)12-15-4-2-5-16(18)13-15/h2,4-5,13-14,19H,3,6-12H2,1H3. The van der Waals surface area contributed by atoms with Crippen LogP contribution in [-0.2, 0) is 11.2 Å². The van der Waals surface area contributed by atoms with Gasteiger partial charge in [-0.3, -0.25) is 4.79 Å². The molecule has 0 radical (unpaired) electrons. The van der Waals surface area contributed by atoms with Crippen LogP contribution in [-0.4, -0.2) is 37.5 Å². The second kappa shape index (κ2) is 8.13. The molecule has 0 unspecified atom stereocenters. The van der Waals surface area contributed by atoms with Crippen LogP contribution in [0.2, 0.25) is 0 Å². The summed E-state index contributed by atoms with van der Waals surface area (Å²) in [5.41, 5.74) is 1.06. The Morgan fingerprint density at radius 3 is 2.81 bits per heavy atom. The normalized spacial score (nSPS) is 16.2. The minimum Gasteiger partial charge on any atom is -0.343 e. The van der Waals surface area contributed by atoms with Crippen molar-refractivity contribution in [2.45, 2.75) is 32.1 Å². The highest BCUT2D eigenvalue weighted by molar-refractivity contribution is 5.76. The Morgan fingerprint density at radius 1 is 1.38 bits per heavy atom. The molecule has 116 valence electrons. The quantitative estimate of drug-likeness (QED) is 0.817. The van der Waals surface area contributed by atoms with Crippen molar-refractivity contribution in [2.24, 2.45) is 5.92 Å². The number of carbonyl (C=O) groups excluding carboxylic acids is 1. The van der Waals surface area contributed by atoms with Gasteiger partial charge in [-0.1, -0.05) is 12.1 Å². The number of hydrogen-bond donors (Lipinski definition) is 1. The second-order valence-corrected chi connectivity index (χ2v) is 5.87. The number of hydrogen-bond acceptors (Lipinski definition) is 2. The molecular weight excluding hydrogens is 267 g/mol. The van der Waals surface area contributed by atoms with Gasteiger partial charge in [0.1, 0.15) is 5.82 Å². The summed E-state index contributed by atoms with van der Waals surface area (Å²) in [6.07, 6.45) is 4.50. The molecule has 1 fully saturated rings. The monoisotopic (exact) mass is 292 g/mol. The Balaban J connectivity index is 1.74. The molecule has 0 saturated carbocycles. The maximum Gasteiger partial charge on any atom is 0.222 e. The molecule has 1 heterocycles. The van der Waals surface area contributed by atoms with Crippen LogP contribution >= 0.6 is 0 Å². The van der Waals surface area contributed by atoms with Gasteiger partial charge < -0.3 is 10.2 Å². The number of benzene rings is 1. The van der Waals surface area contributed by atoms with Gasteiger partial charge in [0.25, 0.3) is 0 Å². The molecule has 1 aliphatic heterocycles. The van der Waals surface area contributed by atoms with Crippen molar-refractivity contribution >= 4 is 5.91 Å². The van der Waals surface area contributed by atoms with Crippen molar-refractivity contribution in [1.82, 2.24) is 10.2 Å². The molecule has 1 amide bonds. The molecule has 0 atom stereocenters. The van der Waals surface area contributed by atoms with Crippen molar-refractivity contribution in [3.05, 3.63) is 35.6 Å². The predicted octanol–water partition coefficient (Wildman–Crippen LogP) is 2.61. The number of nitrogens with one attached hydrogen (secondary N) is 1. The van der Waals surface area contributed by atoms with Crippen LogP contribution < -0.4 is 5.32 Å². The molecule has 1 aliphatic rings. The average Bonchev–Trinajstić information content (AvgIpc) is 2.48. The zero-order chi connectivity index (χ0) is 15.1. The van der Waals surface area contributed by atoms with E-state index in [2.05, 4.69) is 5.32 Å². The average molecular weight is 292 g/mol. The van der Waals surface area contributed by atoms with E-state index in [0.29, 0.717) is 12.3 Å². The first-order valence-corrected chi connectivity index (χ1v) is 7.86. The van der Waals surface area contributed by atoms with E-state index in [-0.39, 0.29) is 11.7 Å². The molecule has 1 N–H and O–H groups in total. The van der Waals surface area contributed by atoms with E-state index in [4.69, 9.17) is 0 Å². The Hall–Kier alpha value is -1.42. The summed E-state index contributed by atoms with van der Waals surface area (Å²) in [7, 11) is 1.91. The highest BCUT2D eigenvalue weighted by atomic mass is 19.1. The van der Waals surface area contributed by atoms with Gasteiger partial charge in [0.05, 0.1) is 0 Å². The second-order valence-electron chi connectivity index (χ2n) is 5.87. The van der Waals surface area contributed by atoms with Crippen molar-refractivity contribution in [3.8, 4) is 0 Å². The molecule has 0 spiro atoms. The summed E-state index contributed by atoms with van der Waals surface area (Å²) in [6, 6.07) is 6.86. The predicted molar refractivity (Wildman–Crippen MR) is 82.6 cm³/mol. The summed E-state index contributed by atoms with van der Waals surface area (Å²) in [5.74, 6) is 0.673. The number of amides is 1. The molecule has 2 rings (SSSR count). The molecule has 0 aliphatic carbocycles. The van der Waals surface area contributed by atoms with Gasteiger partial charge in [0, 0.05) is 19.5 Å². The Labute approximate surface area is 126 Å². The summed E-state index contributed by atoms with van der Waals surface area (Å²) < 4.78 is 13.2. The molecule has 1 aromatic rings. The maximum atomic E-state index is 13.2. The Morgan fingerprint density at radius 2 is 2.14 bits per heavy atom. The van der Waals surface area contributed by atoms with Crippen molar-refractivity contribution in [1.29, 1.82) is 0 Å². The zero-order valence-corrected chi connectivity index (χ0v) is 12.8. The van der Waals surface area contributed by atoms with Gasteiger partial charge in [0.15, 0.2) is 0 Å². The lowest BCUT2D eigenvalue weighted by molar-refractivity contribution is -0.132. The van der Waals surface area contributed by atoms with Crippen molar-refractivity contribution < 1.29 is 9.18 Å². The summed E-state index contributed by atoms with van der Waals surface area (Å²) in [6.45, 7) is 2.58. The fourth-order valence-corrected chi connectivity index (χ4v) is 2.96. The first kappa shape index (κ1) is 16.0. The minimum atomic E-state index is -0.162. The van der Waals surface area contributed by atoms with E-state index in [1.807, 2.05) is 18.0 Å². The maximum absolute atomic E-state index is 13.2. The number of rotatable bonds is 6. The van der Waals surface area contributed by atoms with E-state index >= 15 is 0 Å². The number of carbonyl (C=O) groups is 1. The van der Waals surface area contributed by atoms with Gasteiger partial charge in [-0.25, -0.2) is 4.39 Å². The molecule has 1 aromatic carbocycles. The van der Waals surface area contributed by atoms with Crippen LogP contribution in [0.25, 0.3) is 0 Å². The highest BCUT2D eigenvalue weighted by Crippen LogP contribution is 2.22. The number of halogens is 1. The lowest BCUT2D eigenvalue weighted by Gasteiger charge is -2.32. The lowest BCUT2D eigenvalue weighted by atomic mass is 9.90. The van der Waals surface area contributed by atoms with Gasteiger partial charge >= 0.3 is 0 Å². The molecule has 4 heteroatoms. The van der Waals surface area contributed by atoms with Crippen LogP contribution in [0, 0.1) is 11.7 Å². The SMILES string of the molecule is CNCCCC(=O)N1CCC(Cc2cccc(F)c2)CC1. The van der Waals surface area contributed by atoms with E-state index in [0.717, 1.165) is 50.9 Å². The molecule has 3 nitrogen and oxygen atoms in total. The number of likely N-dealkylation sites (tertiary alicyclic amines) is 1.